The first-order valence-corrected chi connectivity index (χ1v) is 8.85. The number of benzene rings is 2. The third-order valence-corrected chi connectivity index (χ3v) is 4.56. The van der Waals surface area contributed by atoms with Crippen LogP contribution in [0.4, 0.5) is 11.5 Å². The second-order valence-corrected chi connectivity index (χ2v) is 6.68. The zero-order valence-electron chi connectivity index (χ0n) is 15.2. The minimum Gasteiger partial charge on any atom is -0.508 e. The van der Waals surface area contributed by atoms with Gasteiger partial charge in [0.1, 0.15) is 11.6 Å². The lowest BCUT2D eigenvalue weighted by molar-refractivity contribution is 0.514. The van der Waals surface area contributed by atoms with Crippen molar-refractivity contribution in [2.75, 3.05) is 5.32 Å². The summed E-state index contributed by atoms with van der Waals surface area (Å²) in [5.41, 5.74) is 4.94. The van der Waals surface area contributed by atoms with E-state index >= 15 is 0 Å². The van der Waals surface area contributed by atoms with Crippen molar-refractivity contribution >= 4 is 28.2 Å². The first kappa shape index (κ1) is 16.9. The molecule has 0 saturated carbocycles. The molecule has 0 bridgehead atoms. The fourth-order valence-corrected chi connectivity index (χ4v) is 3.22. The Bertz CT molecular complexity index is 1110. The van der Waals surface area contributed by atoms with E-state index in [0.717, 1.165) is 23.2 Å². The largest absolute Gasteiger partial charge is 0.508 e. The van der Waals surface area contributed by atoms with Gasteiger partial charge in [-0.15, -0.1) is 0 Å². The highest BCUT2D eigenvalue weighted by molar-refractivity contribution is 5.85. The van der Waals surface area contributed by atoms with E-state index in [2.05, 4.69) is 70.1 Å². The maximum atomic E-state index is 9.84. The number of aliphatic hydroxyl groups is 1. The van der Waals surface area contributed by atoms with Crippen LogP contribution < -0.4 is 5.32 Å². The molecule has 0 atom stereocenters. The van der Waals surface area contributed by atoms with Crippen molar-refractivity contribution in [3.63, 3.8) is 0 Å². The molecule has 0 radical (unpaired) electrons. The Hall–Kier alpha value is -3.53. The number of hydrogen-bond donors (Lipinski definition) is 2. The summed E-state index contributed by atoms with van der Waals surface area (Å²) in [6.45, 7) is 6.41. The number of nitrogens with one attached hydrogen (secondary N) is 1. The Kier molecular flexibility index (Phi) is 4.38. The van der Waals surface area contributed by atoms with Gasteiger partial charge in [-0.3, -0.25) is 0 Å². The third kappa shape index (κ3) is 3.55. The van der Waals surface area contributed by atoms with Crippen LogP contribution in [-0.2, 0) is 6.54 Å². The molecule has 2 aromatic carbocycles. The van der Waals surface area contributed by atoms with Gasteiger partial charge in [0, 0.05) is 35.5 Å². The van der Waals surface area contributed by atoms with Gasteiger partial charge in [0.25, 0.3) is 0 Å². The van der Waals surface area contributed by atoms with Crippen molar-refractivity contribution in [1.82, 2.24) is 9.55 Å². The summed E-state index contributed by atoms with van der Waals surface area (Å²) < 4.78 is 2.24. The van der Waals surface area contributed by atoms with Crippen LogP contribution in [0.2, 0.25) is 0 Å². The van der Waals surface area contributed by atoms with Gasteiger partial charge in [-0.2, -0.15) is 0 Å². The Balaban J connectivity index is 1.63. The average Bonchev–Trinajstić information content (AvgIpc) is 3.06. The van der Waals surface area contributed by atoms with Crippen molar-refractivity contribution in [3.05, 3.63) is 96.3 Å². The van der Waals surface area contributed by atoms with Gasteiger partial charge in [0.2, 0.25) is 0 Å². The second kappa shape index (κ2) is 7.00. The van der Waals surface area contributed by atoms with Crippen molar-refractivity contribution in [1.29, 1.82) is 0 Å². The molecule has 2 aromatic heterocycles. The highest BCUT2D eigenvalue weighted by Gasteiger charge is 2.09. The van der Waals surface area contributed by atoms with Crippen LogP contribution in [0, 0.1) is 6.92 Å². The lowest BCUT2D eigenvalue weighted by Crippen LogP contribution is -2.00. The Morgan fingerprint density at radius 2 is 1.93 bits per heavy atom. The summed E-state index contributed by atoms with van der Waals surface area (Å²) in [4.78, 5) is 4.40. The highest BCUT2D eigenvalue weighted by Crippen LogP contribution is 2.27. The number of anilines is 2. The molecule has 2 heterocycles. The quantitative estimate of drug-likeness (QED) is 0.454. The minimum atomic E-state index is 0.00351. The number of pyridine rings is 1. The SMILES string of the molecule is C=C(O)c1cc(C)cnc1Nc1ccc2c(ccn2Cc2ccccc2)c1. The summed E-state index contributed by atoms with van der Waals surface area (Å²) in [6.07, 6.45) is 3.87. The van der Waals surface area contributed by atoms with Gasteiger partial charge in [-0.25, -0.2) is 4.98 Å². The first-order valence-electron chi connectivity index (χ1n) is 8.85. The fraction of sp³-hybridized carbons (Fsp3) is 0.0870. The predicted molar refractivity (Wildman–Crippen MR) is 111 cm³/mol. The van der Waals surface area contributed by atoms with E-state index in [0.29, 0.717) is 11.4 Å². The maximum absolute atomic E-state index is 9.84. The molecule has 0 spiro atoms. The van der Waals surface area contributed by atoms with Gasteiger partial charge >= 0.3 is 0 Å². The number of aromatic nitrogens is 2. The fourth-order valence-electron chi connectivity index (χ4n) is 3.22. The van der Waals surface area contributed by atoms with E-state index in [4.69, 9.17) is 0 Å². The molecule has 4 nitrogen and oxygen atoms in total. The van der Waals surface area contributed by atoms with Crippen LogP contribution in [-0.4, -0.2) is 14.7 Å². The van der Waals surface area contributed by atoms with Gasteiger partial charge < -0.3 is 15.0 Å². The van der Waals surface area contributed by atoms with Crippen molar-refractivity contribution in [2.24, 2.45) is 0 Å². The normalized spacial score (nSPS) is 10.9. The number of nitrogens with zero attached hydrogens (tertiary/aromatic N) is 2. The number of aryl methyl sites for hydroxylation is 1. The van der Waals surface area contributed by atoms with Gasteiger partial charge in [-0.05, 0) is 48.4 Å². The summed E-state index contributed by atoms with van der Waals surface area (Å²) in [6, 6.07) is 20.6. The average molecular weight is 355 g/mol. The molecule has 27 heavy (non-hydrogen) atoms. The summed E-state index contributed by atoms with van der Waals surface area (Å²) in [5.74, 6) is 0.597. The number of rotatable bonds is 5. The highest BCUT2D eigenvalue weighted by atomic mass is 16.3. The Morgan fingerprint density at radius 3 is 2.70 bits per heavy atom. The molecule has 134 valence electrons. The smallest absolute Gasteiger partial charge is 0.141 e. The summed E-state index contributed by atoms with van der Waals surface area (Å²) in [7, 11) is 0. The monoisotopic (exact) mass is 355 g/mol. The van der Waals surface area contributed by atoms with E-state index in [1.807, 2.05) is 25.1 Å². The van der Waals surface area contributed by atoms with Gasteiger partial charge in [0.15, 0.2) is 0 Å². The topological polar surface area (TPSA) is 50.1 Å². The lowest BCUT2D eigenvalue weighted by atomic mass is 10.1. The third-order valence-electron chi connectivity index (χ3n) is 4.56. The molecular formula is C23H21N3O. The van der Waals surface area contributed by atoms with Gasteiger partial charge in [0.05, 0.1) is 5.56 Å². The van der Waals surface area contributed by atoms with Crippen LogP contribution in [0.3, 0.4) is 0 Å². The van der Waals surface area contributed by atoms with Crippen LogP contribution in [0.15, 0.2) is 79.6 Å². The molecule has 0 aliphatic rings. The molecule has 0 aliphatic carbocycles. The van der Waals surface area contributed by atoms with Crippen LogP contribution in [0.25, 0.3) is 16.7 Å². The summed E-state index contributed by atoms with van der Waals surface area (Å²) >= 11 is 0. The van der Waals surface area contributed by atoms with Gasteiger partial charge in [-0.1, -0.05) is 36.9 Å². The second-order valence-electron chi connectivity index (χ2n) is 6.68. The molecule has 4 heteroatoms. The van der Waals surface area contributed by atoms with Crippen LogP contribution >= 0.6 is 0 Å². The standard InChI is InChI=1S/C23H21N3O/c1-16-12-21(17(2)27)23(24-14-16)25-20-8-9-22-19(13-20)10-11-26(22)15-18-6-4-3-5-7-18/h3-14,27H,2,15H2,1H3,(H,24,25). The van der Waals surface area contributed by atoms with E-state index in [9.17, 15) is 5.11 Å². The predicted octanol–water partition coefficient (Wildman–Crippen LogP) is 5.67. The molecule has 0 saturated heterocycles. The van der Waals surface area contributed by atoms with Crippen molar-refractivity contribution < 1.29 is 5.11 Å². The zero-order chi connectivity index (χ0) is 18.8. The maximum Gasteiger partial charge on any atom is 0.141 e. The van der Waals surface area contributed by atoms with E-state index in [1.165, 1.54) is 11.1 Å². The Morgan fingerprint density at radius 1 is 1.11 bits per heavy atom. The Labute approximate surface area is 158 Å². The van der Waals surface area contributed by atoms with Crippen LogP contribution in [0.1, 0.15) is 16.7 Å². The van der Waals surface area contributed by atoms with Crippen LogP contribution in [0.5, 0.6) is 0 Å². The number of aliphatic hydroxyl groups excluding tert-OH is 1. The molecule has 0 amide bonds. The molecule has 4 aromatic rings. The summed E-state index contributed by atoms with van der Waals surface area (Å²) in [5, 5.41) is 14.3. The molecule has 4 rings (SSSR count). The minimum absolute atomic E-state index is 0.00351. The molecule has 0 fully saturated rings. The molecule has 0 unspecified atom stereocenters. The lowest BCUT2D eigenvalue weighted by Gasteiger charge is -2.12. The number of hydrogen-bond acceptors (Lipinski definition) is 3. The van der Waals surface area contributed by atoms with Crippen molar-refractivity contribution in [3.8, 4) is 0 Å². The molecule has 0 aliphatic heterocycles. The van der Waals surface area contributed by atoms with Crippen molar-refractivity contribution in [2.45, 2.75) is 13.5 Å². The molecule has 2 N–H and O–H groups in total. The first-order chi connectivity index (χ1) is 13.1. The van der Waals surface area contributed by atoms with E-state index in [1.54, 1.807) is 6.20 Å². The van der Waals surface area contributed by atoms with E-state index in [-0.39, 0.29) is 5.76 Å². The van der Waals surface area contributed by atoms with E-state index < -0.39 is 0 Å². The zero-order valence-corrected chi connectivity index (χ0v) is 15.2. The number of fused-ring (bicyclic) bond motifs is 1. The molecular weight excluding hydrogens is 334 g/mol.